The van der Waals surface area contributed by atoms with Crippen LogP contribution in [0.5, 0.6) is 0 Å². The van der Waals surface area contributed by atoms with Crippen molar-refractivity contribution in [3.05, 3.63) is 33.9 Å². The van der Waals surface area contributed by atoms with Crippen LogP contribution in [0, 0.1) is 16.0 Å². The van der Waals surface area contributed by atoms with E-state index in [1.165, 1.54) is 17.0 Å². The number of esters is 1. The van der Waals surface area contributed by atoms with Crippen LogP contribution in [0.1, 0.15) is 25.8 Å². The third-order valence-electron chi connectivity index (χ3n) is 3.69. The molecule has 1 aliphatic rings. The van der Waals surface area contributed by atoms with E-state index < -0.39 is 10.8 Å². The van der Waals surface area contributed by atoms with Crippen molar-refractivity contribution in [2.24, 2.45) is 5.92 Å². The minimum Gasteiger partial charge on any atom is -0.466 e. The van der Waals surface area contributed by atoms with E-state index in [1.807, 2.05) is 6.92 Å². The van der Waals surface area contributed by atoms with Gasteiger partial charge in [-0.25, -0.2) is 0 Å². The van der Waals surface area contributed by atoms with Gasteiger partial charge in [-0.05, 0) is 25.0 Å². The summed E-state index contributed by atoms with van der Waals surface area (Å²) in [5.41, 5.74) is 1.34. The summed E-state index contributed by atoms with van der Waals surface area (Å²) < 4.78 is 4.96. The maximum Gasteiger partial charge on any atom is 0.311 e. The highest BCUT2D eigenvalue weighted by atomic mass is 16.6. The average Bonchev–Trinajstić information content (AvgIpc) is 2.88. The summed E-state index contributed by atoms with van der Waals surface area (Å²) >= 11 is 0. The topological polar surface area (TPSA) is 89.8 Å². The molecule has 7 nitrogen and oxygen atoms in total. The van der Waals surface area contributed by atoms with Gasteiger partial charge in [-0.1, -0.05) is 6.92 Å². The van der Waals surface area contributed by atoms with Crippen LogP contribution in [-0.4, -0.2) is 30.0 Å². The van der Waals surface area contributed by atoms with Crippen molar-refractivity contribution in [1.29, 1.82) is 0 Å². The summed E-state index contributed by atoms with van der Waals surface area (Å²) in [5, 5.41) is 10.8. The zero-order chi connectivity index (χ0) is 16.3. The minimum atomic E-state index is -0.479. The Morgan fingerprint density at radius 3 is 2.77 bits per heavy atom. The summed E-state index contributed by atoms with van der Waals surface area (Å²) in [5.74, 6) is -1.02. The molecule has 0 spiro atoms. The Balaban J connectivity index is 2.26. The minimum absolute atomic E-state index is 0.00538. The fourth-order valence-electron chi connectivity index (χ4n) is 2.59. The van der Waals surface area contributed by atoms with E-state index in [-0.39, 0.29) is 37.1 Å². The van der Waals surface area contributed by atoms with E-state index in [0.29, 0.717) is 17.7 Å². The normalized spacial score (nSPS) is 17.6. The highest BCUT2D eigenvalue weighted by Gasteiger charge is 2.36. The van der Waals surface area contributed by atoms with Gasteiger partial charge in [-0.2, -0.15) is 0 Å². The molecule has 0 aliphatic carbocycles. The van der Waals surface area contributed by atoms with Gasteiger partial charge < -0.3 is 9.64 Å². The van der Waals surface area contributed by atoms with Crippen LogP contribution < -0.4 is 4.90 Å². The zero-order valence-corrected chi connectivity index (χ0v) is 12.6. The fourth-order valence-corrected chi connectivity index (χ4v) is 2.59. The number of nitrogens with zero attached hydrogens (tertiary/aromatic N) is 2. The molecule has 0 saturated carbocycles. The SMILES string of the molecule is CCOC(=O)C1CC(=O)N(c2ccc([N+](=O)[O-])cc2CC)C1. The average molecular weight is 306 g/mol. The summed E-state index contributed by atoms with van der Waals surface area (Å²) in [6.07, 6.45) is 0.670. The number of amides is 1. The number of non-ortho nitro benzene ring substituents is 1. The number of hydrogen-bond acceptors (Lipinski definition) is 5. The predicted molar refractivity (Wildman–Crippen MR) is 79.6 cm³/mol. The first-order valence-electron chi connectivity index (χ1n) is 7.22. The molecule has 0 aromatic heterocycles. The second-order valence-corrected chi connectivity index (χ2v) is 5.08. The number of hydrogen-bond donors (Lipinski definition) is 0. The molecule has 22 heavy (non-hydrogen) atoms. The third kappa shape index (κ3) is 3.08. The molecule has 0 radical (unpaired) electrons. The highest BCUT2D eigenvalue weighted by Crippen LogP contribution is 2.31. The fraction of sp³-hybridized carbons (Fsp3) is 0.467. The van der Waals surface area contributed by atoms with Gasteiger partial charge in [0.1, 0.15) is 0 Å². The molecular weight excluding hydrogens is 288 g/mol. The summed E-state index contributed by atoms with van der Waals surface area (Å²) in [7, 11) is 0. The maximum absolute atomic E-state index is 12.2. The Labute approximate surface area is 128 Å². The van der Waals surface area contributed by atoms with Crippen LogP contribution in [0.25, 0.3) is 0 Å². The molecule has 118 valence electrons. The molecule has 7 heteroatoms. The lowest BCUT2D eigenvalue weighted by Crippen LogP contribution is -2.27. The molecule has 1 aliphatic heterocycles. The molecule has 1 unspecified atom stereocenters. The van der Waals surface area contributed by atoms with E-state index in [1.54, 1.807) is 13.0 Å². The van der Waals surface area contributed by atoms with Gasteiger partial charge in [-0.3, -0.25) is 19.7 Å². The van der Waals surface area contributed by atoms with E-state index in [4.69, 9.17) is 4.74 Å². The first-order chi connectivity index (χ1) is 10.5. The molecule has 1 saturated heterocycles. The van der Waals surface area contributed by atoms with E-state index in [0.717, 1.165) is 0 Å². The van der Waals surface area contributed by atoms with Gasteiger partial charge >= 0.3 is 5.97 Å². The Morgan fingerprint density at radius 2 is 2.18 bits per heavy atom. The first-order valence-corrected chi connectivity index (χ1v) is 7.22. The summed E-state index contributed by atoms with van der Waals surface area (Å²) in [6, 6.07) is 4.42. The Morgan fingerprint density at radius 1 is 1.45 bits per heavy atom. The summed E-state index contributed by atoms with van der Waals surface area (Å²) in [6.45, 7) is 4.12. The smallest absolute Gasteiger partial charge is 0.311 e. The highest BCUT2D eigenvalue weighted by molar-refractivity contribution is 6.00. The molecule has 2 rings (SSSR count). The summed E-state index contributed by atoms with van der Waals surface area (Å²) in [4.78, 5) is 35.8. The van der Waals surface area contributed by atoms with Crippen LogP contribution >= 0.6 is 0 Å². The van der Waals surface area contributed by atoms with Gasteiger partial charge in [0.05, 0.1) is 17.4 Å². The van der Waals surface area contributed by atoms with Crippen molar-refractivity contribution in [3.63, 3.8) is 0 Å². The number of carbonyl (C=O) groups is 2. The lowest BCUT2D eigenvalue weighted by atomic mass is 10.1. The third-order valence-corrected chi connectivity index (χ3v) is 3.69. The zero-order valence-electron chi connectivity index (χ0n) is 12.6. The Hall–Kier alpha value is -2.44. The molecule has 1 fully saturated rings. The molecule has 1 amide bonds. The van der Waals surface area contributed by atoms with Crippen LogP contribution in [0.3, 0.4) is 0 Å². The molecule has 0 bridgehead atoms. The number of nitro groups is 1. The second kappa shape index (κ2) is 6.55. The predicted octanol–water partition coefficient (Wildman–Crippen LogP) is 2.07. The number of aryl methyl sites for hydroxylation is 1. The van der Waals surface area contributed by atoms with Crippen LogP contribution in [0.2, 0.25) is 0 Å². The number of ether oxygens (including phenoxy) is 1. The van der Waals surface area contributed by atoms with Crippen molar-refractivity contribution >= 4 is 23.3 Å². The number of anilines is 1. The van der Waals surface area contributed by atoms with Crippen molar-refractivity contribution in [3.8, 4) is 0 Å². The first kappa shape index (κ1) is 15.9. The molecule has 1 aromatic carbocycles. The maximum atomic E-state index is 12.2. The van der Waals surface area contributed by atoms with Crippen molar-refractivity contribution in [1.82, 2.24) is 0 Å². The standard InChI is InChI=1S/C15H18N2O5/c1-3-10-7-12(17(20)21)5-6-13(10)16-9-11(8-14(16)18)15(19)22-4-2/h5-7,11H,3-4,8-9H2,1-2H3. The van der Waals surface area contributed by atoms with E-state index in [2.05, 4.69) is 0 Å². The molecule has 1 heterocycles. The van der Waals surface area contributed by atoms with Gasteiger partial charge in [-0.15, -0.1) is 0 Å². The van der Waals surface area contributed by atoms with Gasteiger partial charge in [0.25, 0.3) is 5.69 Å². The van der Waals surface area contributed by atoms with Crippen LogP contribution in [0.15, 0.2) is 18.2 Å². The van der Waals surface area contributed by atoms with Gasteiger partial charge in [0.2, 0.25) is 5.91 Å². The van der Waals surface area contributed by atoms with Crippen LogP contribution in [0.4, 0.5) is 11.4 Å². The molecule has 0 N–H and O–H groups in total. The number of carbonyl (C=O) groups excluding carboxylic acids is 2. The molecule has 1 atom stereocenters. The van der Waals surface area contributed by atoms with E-state index in [9.17, 15) is 19.7 Å². The lowest BCUT2D eigenvalue weighted by molar-refractivity contribution is -0.384. The van der Waals surface area contributed by atoms with Crippen molar-refractivity contribution < 1.29 is 19.2 Å². The molecular formula is C15H18N2O5. The second-order valence-electron chi connectivity index (χ2n) is 5.08. The number of nitro benzene ring substituents is 1. The quantitative estimate of drug-likeness (QED) is 0.472. The molecule has 1 aromatic rings. The van der Waals surface area contributed by atoms with E-state index >= 15 is 0 Å². The van der Waals surface area contributed by atoms with Crippen molar-refractivity contribution in [2.75, 3.05) is 18.1 Å². The van der Waals surface area contributed by atoms with Crippen LogP contribution in [-0.2, 0) is 20.7 Å². The van der Waals surface area contributed by atoms with Gasteiger partial charge in [0, 0.05) is 30.8 Å². The number of rotatable bonds is 5. The van der Waals surface area contributed by atoms with Crippen molar-refractivity contribution in [2.45, 2.75) is 26.7 Å². The largest absolute Gasteiger partial charge is 0.466 e. The Kier molecular flexibility index (Phi) is 4.75. The lowest BCUT2D eigenvalue weighted by Gasteiger charge is -2.19. The van der Waals surface area contributed by atoms with Gasteiger partial charge in [0.15, 0.2) is 0 Å². The monoisotopic (exact) mass is 306 g/mol. The Bertz CT molecular complexity index is 614. The number of benzene rings is 1.